The van der Waals surface area contributed by atoms with Crippen LogP contribution in [0.15, 0.2) is 24.5 Å². The Kier molecular flexibility index (Phi) is 7.46. The molecule has 38 heavy (non-hydrogen) atoms. The first-order valence-electron chi connectivity index (χ1n) is 13.2. The molecule has 0 aromatic carbocycles. The van der Waals surface area contributed by atoms with Crippen molar-refractivity contribution in [2.75, 3.05) is 16.8 Å². The summed E-state index contributed by atoms with van der Waals surface area (Å²) in [5, 5.41) is 35.9. The summed E-state index contributed by atoms with van der Waals surface area (Å²) in [6.07, 6.45) is 10.1. The number of amidine groups is 1. The molecule has 5 N–H and O–H groups in total. The topological polar surface area (TPSA) is 147 Å². The third-order valence-corrected chi connectivity index (χ3v) is 8.01. The molecule has 1 aliphatic carbocycles. The SMILES string of the molecule is CCCC(C)NC(=N)c1c(O)nsc1Nc1cncc(C(=O)N2CCc3c2cc(O)nc3C2CCCC2)c1. The number of rotatable bonds is 8. The van der Waals surface area contributed by atoms with E-state index in [0.29, 0.717) is 35.1 Å². The maximum atomic E-state index is 13.6. The number of hydrogen-bond acceptors (Lipinski definition) is 9. The molecular formula is C27H33N7O3S. The van der Waals surface area contributed by atoms with Crippen molar-refractivity contribution >= 4 is 39.7 Å². The minimum Gasteiger partial charge on any atom is -0.493 e. The van der Waals surface area contributed by atoms with Gasteiger partial charge >= 0.3 is 0 Å². The van der Waals surface area contributed by atoms with Crippen LogP contribution in [-0.2, 0) is 6.42 Å². The van der Waals surface area contributed by atoms with Crippen LogP contribution in [0.2, 0.25) is 0 Å². The quantitative estimate of drug-likeness (QED) is 0.199. The number of carbonyl (C=O) groups excluding carboxylic acids is 1. The van der Waals surface area contributed by atoms with Crippen molar-refractivity contribution in [2.24, 2.45) is 0 Å². The summed E-state index contributed by atoms with van der Waals surface area (Å²) < 4.78 is 4.01. The Labute approximate surface area is 225 Å². The lowest BCUT2D eigenvalue weighted by atomic mass is 9.97. The van der Waals surface area contributed by atoms with Gasteiger partial charge in [0.15, 0.2) is 0 Å². The van der Waals surface area contributed by atoms with E-state index in [-0.39, 0.29) is 35.1 Å². The first kappa shape index (κ1) is 25.9. The van der Waals surface area contributed by atoms with Gasteiger partial charge in [0.05, 0.1) is 28.8 Å². The summed E-state index contributed by atoms with van der Waals surface area (Å²) in [5.74, 6) is -0.0684. The van der Waals surface area contributed by atoms with Crippen molar-refractivity contribution in [3.05, 3.63) is 46.9 Å². The van der Waals surface area contributed by atoms with E-state index >= 15 is 0 Å². The van der Waals surface area contributed by atoms with Crippen molar-refractivity contribution < 1.29 is 15.0 Å². The van der Waals surface area contributed by atoms with E-state index in [1.54, 1.807) is 23.2 Å². The summed E-state index contributed by atoms with van der Waals surface area (Å²) in [6.45, 7) is 4.58. The van der Waals surface area contributed by atoms with Crippen LogP contribution in [0.25, 0.3) is 0 Å². The van der Waals surface area contributed by atoms with E-state index in [9.17, 15) is 15.0 Å². The smallest absolute Gasteiger partial charge is 0.259 e. The Hall–Kier alpha value is -3.73. The fourth-order valence-electron chi connectivity index (χ4n) is 5.48. The summed E-state index contributed by atoms with van der Waals surface area (Å²) in [4.78, 5) is 24.0. The molecule has 3 aromatic heterocycles. The van der Waals surface area contributed by atoms with E-state index in [1.807, 2.05) is 6.92 Å². The van der Waals surface area contributed by atoms with Crippen LogP contribution in [0.4, 0.5) is 16.4 Å². The number of hydrogen-bond donors (Lipinski definition) is 5. The third kappa shape index (κ3) is 5.15. The highest BCUT2D eigenvalue weighted by atomic mass is 32.1. The molecular weight excluding hydrogens is 502 g/mol. The molecule has 4 heterocycles. The molecule has 5 rings (SSSR count). The molecule has 1 fully saturated rings. The second-order valence-electron chi connectivity index (χ2n) is 10.1. The standard InChI is InChI=1S/C27H33N7O3S/c1-3-6-15(2)30-24(28)22-25(36)33-38-26(22)31-18-11-17(13-29-14-18)27(37)34-10-9-19-20(34)12-21(35)32-23(19)16-7-4-5-8-16/h11-16,31H,3-10H2,1-2H3,(H2,28,30)(H,32,35)(H,33,36). The van der Waals surface area contributed by atoms with Gasteiger partial charge in [-0.2, -0.15) is 4.37 Å². The number of carbonyl (C=O) groups is 1. The first-order chi connectivity index (χ1) is 18.4. The minimum atomic E-state index is -0.223. The molecule has 1 unspecified atom stereocenters. The zero-order chi connectivity index (χ0) is 26.8. The maximum Gasteiger partial charge on any atom is 0.259 e. The average molecular weight is 536 g/mol. The normalized spacial score (nSPS) is 15.9. The Morgan fingerprint density at radius 3 is 2.82 bits per heavy atom. The fraction of sp³-hybridized carbons (Fsp3) is 0.444. The number of anilines is 3. The monoisotopic (exact) mass is 535 g/mol. The van der Waals surface area contributed by atoms with Gasteiger partial charge in [-0.25, -0.2) is 4.98 Å². The zero-order valence-electron chi connectivity index (χ0n) is 21.6. The summed E-state index contributed by atoms with van der Waals surface area (Å²) >= 11 is 1.04. The van der Waals surface area contributed by atoms with Crippen LogP contribution in [0.5, 0.6) is 11.8 Å². The van der Waals surface area contributed by atoms with Gasteiger partial charge in [0.1, 0.15) is 16.4 Å². The molecule has 0 radical (unpaired) electrons. The highest BCUT2D eigenvalue weighted by Crippen LogP contribution is 2.42. The predicted molar refractivity (Wildman–Crippen MR) is 148 cm³/mol. The van der Waals surface area contributed by atoms with Crippen molar-refractivity contribution in [2.45, 2.75) is 70.8 Å². The number of aromatic hydroxyl groups is 2. The minimum absolute atomic E-state index is 0.0549. The number of nitrogens with zero attached hydrogens (tertiary/aromatic N) is 4. The van der Waals surface area contributed by atoms with Gasteiger partial charge in [0.2, 0.25) is 11.8 Å². The Balaban J connectivity index is 1.37. The van der Waals surface area contributed by atoms with Crippen LogP contribution in [0, 0.1) is 5.41 Å². The molecule has 200 valence electrons. The number of nitrogens with one attached hydrogen (secondary N) is 3. The molecule has 2 aliphatic rings. The van der Waals surface area contributed by atoms with Crippen molar-refractivity contribution in [1.82, 2.24) is 19.7 Å². The molecule has 1 saturated carbocycles. The van der Waals surface area contributed by atoms with Gasteiger partial charge in [-0.1, -0.05) is 26.2 Å². The number of aromatic nitrogens is 3. The first-order valence-corrected chi connectivity index (χ1v) is 13.9. The summed E-state index contributed by atoms with van der Waals surface area (Å²) in [5.41, 5.74) is 3.92. The van der Waals surface area contributed by atoms with Crippen molar-refractivity contribution in [1.29, 1.82) is 5.41 Å². The highest BCUT2D eigenvalue weighted by molar-refractivity contribution is 7.11. The molecule has 0 saturated heterocycles. The average Bonchev–Trinajstić information content (AvgIpc) is 3.64. The molecule has 0 spiro atoms. The second-order valence-corrected chi connectivity index (χ2v) is 10.8. The zero-order valence-corrected chi connectivity index (χ0v) is 22.4. The number of pyridine rings is 2. The molecule has 1 atom stereocenters. The Bertz CT molecular complexity index is 1350. The van der Waals surface area contributed by atoms with Gasteiger partial charge in [-0.15, -0.1) is 0 Å². The fourth-order valence-corrected chi connectivity index (χ4v) is 6.20. The van der Waals surface area contributed by atoms with Crippen molar-refractivity contribution in [3.63, 3.8) is 0 Å². The molecule has 1 aliphatic heterocycles. The van der Waals surface area contributed by atoms with E-state index in [2.05, 4.69) is 31.9 Å². The van der Waals surface area contributed by atoms with E-state index in [1.165, 1.54) is 6.20 Å². The van der Waals surface area contributed by atoms with Crippen molar-refractivity contribution in [3.8, 4) is 11.8 Å². The van der Waals surface area contributed by atoms with Crippen LogP contribution in [0.3, 0.4) is 0 Å². The van der Waals surface area contributed by atoms with Gasteiger partial charge in [0.25, 0.3) is 5.91 Å². The molecule has 3 aromatic rings. The predicted octanol–water partition coefficient (Wildman–Crippen LogP) is 5.05. The lowest BCUT2D eigenvalue weighted by Crippen LogP contribution is -2.32. The largest absolute Gasteiger partial charge is 0.493 e. The van der Waals surface area contributed by atoms with E-state index < -0.39 is 0 Å². The van der Waals surface area contributed by atoms with E-state index in [4.69, 9.17) is 5.41 Å². The molecule has 1 amide bonds. The van der Waals surface area contributed by atoms with Gasteiger partial charge < -0.3 is 25.7 Å². The molecule has 10 nitrogen and oxygen atoms in total. The lowest BCUT2D eigenvalue weighted by Gasteiger charge is -2.19. The summed E-state index contributed by atoms with van der Waals surface area (Å²) in [6, 6.07) is 3.36. The van der Waals surface area contributed by atoms with Crippen LogP contribution in [-0.4, -0.2) is 48.9 Å². The maximum absolute atomic E-state index is 13.6. The molecule has 0 bridgehead atoms. The van der Waals surface area contributed by atoms with Crippen LogP contribution < -0.4 is 15.5 Å². The highest BCUT2D eigenvalue weighted by Gasteiger charge is 2.32. The number of amides is 1. The van der Waals surface area contributed by atoms with Gasteiger partial charge in [0, 0.05) is 30.8 Å². The van der Waals surface area contributed by atoms with Crippen LogP contribution in [0.1, 0.15) is 85.5 Å². The Morgan fingerprint density at radius 2 is 2.05 bits per heavy atom. The second kappa shape index (κ2) is 10.9. The third-order valence-electron chi connectivity index (χ3n) is 7.26. The lowest BCUT2D eigenvalue weighted by molar-refractivity contribution is 0.0989. The van der Waals surface area contributed by atoms with E-state index in [0.717, 1.165) is 67.0 Å². The van der Waals surface area contributed by atoms with Gasteiger partial charge in [-0.3, -0.25) is 15.2 Å². The summed E-state index contributed by atoms with van der Waals surface area (Å²) in [7, 11) is 0. The van der Waals surface area contributed by atoms with Gasteiger partial charge in [-0.05, 0) is 55.8 Å². The Morgan fingerprint density at radius 1 is 1.26 bits per heavy atom. The number of fused-ring (bicyclic) bond motifs is 1. The van der Waals surface area contributed by atoms with Crippen LogP contribution >= 0.6 is 11.5 Å². The molecule has 11 heteroatoms.